The van der Waals surface area contributed by atoms with Gasteiger partial charge in [0.1, 0.15) is 5.41 Å². The van der Waals surface area contributed by atoms with Gasteiger partial charge in [0.25, 0.3) is 0 Å². The first-order valence-corrected chi connectivity index (χ1v) is 5.62. The predicted molar refractivity (Wildman–Crippen MR) is 64.6 cm³/mol. The van der Waals surface area contributed by atoms with Crippen molar-refractivity contribution in [1.29, 1.82) is 0 Å². The lowest BCUT2D eigenvalue weighted by Gasteiger charge is -2.28. The molecule has 7 heteroatoms. The zero-order valence-corrected chi connectivity index (χ0v) is 11.0. The molecule has 108 valence electrons. The molecule has 0 bridgehead atoms. The van der Waals surface area contributed by atoms with Crippen LogP contribution in [0.15, 0.2) is 12.2 Å². The number of hydrogen-bond acceptors (Lipinski definition) is 5. The normalized spacial score (nSPS) is 13.4. The molecule has 0 aromatic carbocycles. The van der Waals surface area contributed by atoms with Gasteiger partial charge in [0, 0.05) is 19.3 Å². The molecule has 0 aliphatic carbocycles. The minimum atomic E-state index is -1.92. The van der Waals surface area contributed by atoms with Crippen LogP contribution in [0.2, 0.25) is 0 Å². The van der Waals surface area contributed by atoms with Gasteiger partial charge in [0.2, 0.25) is 0 Å². The Kier molecular flexibility index (Phi) is 6.78. The molecule has 0 fully saturated rings. The van der Waals surface area contributed by atoms with E-state index in [-0.39, 0.29) is 19.6 Å². The molecule has 0 spiro atoms. The predicted octanol–water partition coefficient (Wildman–Crippen LogP) is 0.688. The van der Waals surface area contributed by atoms with Gasteiger partial charge in [-0.05, 0) is 13.3 Å². The molecular weight excluding hydrogens is 256 g/mol. The maximum Gasteiger partial charge on any atom is 0.332 e. The van der Waals surface area contributed by atoms with E-state index in [2.05, 4.69) is 11.3 Å². The maximum atomic E-state index is 11.5. The van der Waals surface area contributed by atoms with Crippen molar-refractivity contribution < 1.29 is 34.1 Å². The Bertz CT molecular complexity index is 374. The van der Waals surface area contributed by atoms with Crippen molar-refractivity contribution in [2.24, 2.45) is 5.41 Å². The van der Waals surface area contributed by atoms with Crippen LogP contribution in [0.5, 0.6) is 0 Å². The van der Waals surface area contributed by atoms with E-state index in [4.69, 9.17) is 9.84 Å². The highest BCUT2D eigenvalue weighted by atomic mass is 16.5. The number of esters is 1. The fourth-order valence-electron chi connectivity index (χ4n) is 1.60. The van der Waals surface area contributed by atoms with Crippen molar-refractivity contribution in [3.8, 4) is 0 Å². The Labute approximate surface area is 110 Å². The number of methoxy groups -OCH3 is 1. The Balaban J connectivity index is 5.37. The molecule has 1 unspecified atom stereocenters. The van der Waals surface area contributed by atoms with Gasteiger partial charge in [-0.25, -0.2) is 4.79 Å². The molecule has 0 aromatic heterocycles. The summed E-state index contributed by atoms with van der Waals surface area (Å²) >= 11 is 0. The molecule has 0 aliphatic rings. The largest absolute Gasteiger partial charge is 0.481 e. The van der Waals surface area contributed by atoms with Crippen LogP contribution < -0.4 is 0 Å². The molecule has 19 heavy (non-hydrogen) atoms. The fourth-order valence-corrected chi connectivity index (χ4v) is 1.60. The molecule has 7 nitrogen and oxygen atoms in total. The van der Waals surface area contributed by atoms with Gasteiger partial charge in [-0.3, -0.25) is 9.59 Å². The van der Waals surface area contributed by atoms with Crippen LogP contribution in [0.1, 0.15) is 19.8 Å². The third-order valence-corrected chi connectivity index (χ3v) is 2.73. The minimum Gasteiger partial charge on any atom is -0.481 e. The van der Waals surface area contributed by atoms with Crippen LogP contribution in [0, 0.1) is 5.41 Å². The molecule has 0 aliphatic heterocycles. The Morgan fingerprint density at radius 2 is 1.84 bits per heavy atom. The summed E-state index contributed by atoms with van der Waals surface area (Å²) in [5.74, 6) is -3.70. The highest BCUT2D eigenvalue weighted by molar-refractivity contribution is 5.98. The van der Waals surface area contributed by atoms with Gasteiger partial charge in [-0.1, -0.05) is 6.58 Å². The van der Waals surface area contributed by atoms with Crippen LogP contribution in [-0.2, 0) is 23.9 Å². The quantitative estimate of drug-likeness (QED) is 0.470. The van der Waals surface area contributed by atoms with Crippen LogP contribution >= 0.6 is 0 Å². The number of carboxylic acids is 2. The van der Waals surface area contributed by atoms with Crippen molar-refractivity contribution in [2.45, 2.75) is 19.8 Å². The molecule has 0 saturated carbocycles. The van der Waals surface area contributed by atoms with Gasteiger partial charge in [0.05, 0.1) is 13.0 Å². The highest BCUT2D eigenvalue weighted by Crippen LogP contribution is 2.35. The molecule has 0 saturated heterocycles. The van der Waals surface area contributed by atoms with E-state index < -0.39 is 35.3 Å². The van der Waals surface area contributed by atoms with Gasteiger partial charge in [-0.2, -0.15) is 0 Å². The van der Waals surface area contributed by atoms with Crippen LogP contribution in [0.25, 0.3) is 0 Å². The minimum absolute atomic E-state index is 0.0159. The second-order valence-electron chi connectivity index (χ2n) is 3.90. The van der Waals surface area contributed by atoms with Crippen molar-refractivity contribution in [2.75, 3.05) is 20.3 Å². The van der Waals surface area contributed by atoms with E-state index in [0.717, 1.165) is 0 Å². The molecule has 0 radical (unpaired) electrons. The number of carbonyl (C=O) groups excluding carboxylic acids is 1. The van der Waals surface area contributed by atoms with Gasteiger partial charge in [0.15, 0.2) is 0 Å². The number of aliphatic carboxylic acids is 2. The van der Waals surface area contributed by atoms with Crippen molar-refractivity contribution in [1.82, 2.24) is 0 Å². The summed E-state index contributed by atoms with van der Waals surface area (Å²) in [6.45, 7) is 4.91. The van der Waals surface area contributed by atoms with Gasteiger partial charge in [-0.15, -0.1) is 0 Å². The SMILES string of the molecule is C=C(C(=O)O)C(CCOC)(CC(=O)OCC)C(=O)O. The van der Waals surface area contributed by atoms with Crippen molar-refractivity contribution in [3.63, 3.8) is 0 Å². The molecule has 0 amide bonds. The first-order valence-electron chi connectivity index (χ1n) is 5.62. The number of carbonyl (C=O) groups is 3. The molecule has 1 atom stereocenters. The van der Waals surface area contributed by atoms with E-state index >= 15 is 0 Å². The number of rotatable bonds is 9. The molecular formula is C12H18O7. The Hall–Kier alpha value is -1.89. The summed E-state index contributed by atoms with van der Waals surface area (Å²) in [6, 6.07) is 0. The van der Waals surface area contributed by atoms with Crippen LogP contribution in [0.4, 0.5) is 0 Å². The van der Waals surface area contributed by atoms with Crippen LogP contribution in [-0.4, -0.2) is 48.4 Å². The third-order valence-electron chi connectivity index (χ3n) is 2.73. The fraction of sp³-hybridized carbons (Fsp3) is 0.583. The zero-order chi connectivity index (χ0) is 15.1. The Morgan fingerprint density at radius 1 is 1.26 bits per heavy atom. The lowest BCUT2D eigenvalue weighted by atomic mass is 9.75. The summed E-state index contributed by atoms with van der Waals surface area (Å²) in [6.07, 6.45) is -0.770. The zero-order valence-electron chi connectivity index (χ0n) is 11.0. The average Bonchev–Trinajstić information content (AvgIpc) is 2.33. The Morgan fingerprint density at radius 3 is 2.21 bits per heavy atom. The van der Waals surface area contributed by atoms with Crippen molar-refractivity contribution in [3.05, 3.63) is 12.2 Å². The smallest absolute Gasteiger partial charge is 0.332 e. The maximum absolute atomic E-state index is 11.5. The second kappa shape index (κ2) is 7.52. The summed E-state index contributed by atoms with van der Waals surface area (Å²) in [4.78, 5) is 33.9. The molecule has 0 aromatic rings. The summed E-state index contributed by atoms with van der Waals surface area (Å²) < 4.78 is 9.45. The first kappa shape index (κ1) is 17.1. The summed E-state index contributed by atoms with van der Waals surface area (Å²) in [7, 11) is 1.35. The van der Waals surface area contributed by atoms with E-state index in [0.29, 0.717) is 0 Å². The first-order chi connectivity index (χ1) is 8.81. The number of carboxylic acid groups (broad SMARTS) is 2. The van der Waals surface area contributed by atoms with Gasteiger partial charge < -0.3 is 19.7 Å². The average molecular weight is 274 g/mol. The lowest BCUT2D eigenvalue weighted by molar-refractivity contribution is -0.158. The monoisotopic (exact) mass is 274 g/mol. The third kappa shape index (κ3) is 4.36. The van der Waals surface area contributed by atoms with E-state index in [1.54, 1.807) is 6.92 Å². The summed E-state index contributed by atoms with van der Waals surface area (Å²) in [5.41, 5.74) is -2.49. The highest BCUT2D eigenvalue weighted by Gasteiger charge is 2.46. The van der Waals surface area contributed by atoms with Gasteiger partial charge >= 0.3 is 17.9 Å². The molecule has 0 heterocycles. The van der Waals surface area contributed by atoms with Crippen molar-refractivity contribution >= 4 is 17.9 Å². The standard InChI is InChI=1S/C12H18O7/c1-4-19-9(13)7-12(11(16)17,5-6-18-3)8(2)10(14)15/h2,4-7H2,1,3H3,(H,14,15)(H,16,17). The topological polar surface area (TPSA) is 110 Å². The van der Waals surface area contributed by atoms with E-state index in [1.807, 2.05) is 0 Å². The summed E-state index contributed by atoms with van der Waals surface area (Å²) in [5, 5.41) is 18.3. The second-order valence-corrected chi connectivity index (χ2v) is 3.90. The molecule has 0 rings (SSSR count). The molecule has 2 N–H and O–H groups in total. The number of hydrogen-bond donors (Lipinski definition) is 2. The van der Waals surface area contributed by atoms with E-state index in [1.165, 1.54) is 7.11 Å². The van der Waals surface area contributed by atoms with Crippen LogP contribution in [0.3, 0.4) is 0 Å². The lowest BCUT2D eigenvalue weighted by Crippen LogP contribution is -2.39. The van der Waals surface area contributed by atoms with E-state index in [9.17, 15) is 19.5 Å². The number of ether oxygens (including phenoxy) is 2.